The molecule has 32 heavy (non-hydrogen) atoms. The van der Waals surface area contributed by atoms with Crippen LogP contribution in [0.15, 0.2) is 60.0 Å². The van der Waals surface area contributed by atoms with Crippen molar-refractivity contribution in [2.24, 2.45) is 0 Å². The van der Waals surface area contributed by atoms with Crippen LogP contribution in [0.4, 0.5) is 9.52 Å². The molecule has 13 heteroatoms. The molecule has 0 saturated carbocycles. The van der Waals surface area contributed by atoms with E-state index in [-0.39, 0.29) is 21.7 Å². The Morgan fingerprint density at radius 1 is 1.16 bits per heavy atom. The van der Waals surface area contributed by atoms with E-state index in [9.17, 15) is 18.1 Å². The fourth-order valence-electron chi connectivity index (χ4n) is 2.67. The first kappa shape index (κ1) is 21.6. The van der Waals surface area contributed by atoms with Gasteiger partial charge in [-0.05, 0) is 30.3 Å². The normalized spacial score (nSPS) is 11.0. The number of sulfonamides is 1. The van der Waals surface area contributed by atoms with Crippen LogP contribution in [0.5, 0.6) is 11.5 Å². The molecule has 2 aromatic carbocycles. The molecule has 0 saturated heterocycles. The maximum Gasteiger partial charge on any atom is 0.266 e. The molecule has 9 nitrogen and oxygen atoms in total. The van der Waals surface area contributed by atoms with Crippen molar-refractivity contribution in [2.75, 3.05) is 4.72 Å². The number of aromatic nitrogens is 4. The molecule has 0 radical (unpaired) electrons. The lowest BCUT2D eigenvalue weighted by Gasteiger charge is -2.14. The fraction of sp³-hybridized carbons (Fsp3) is 0. The van der Waals surface area contributed by atoms with Gasteiger partial charge in [0.25, 0.3) is 10.0 Å². The highest BCUT2D eigenvalue weighted by Gasteiger charge is 2.24. The van der Waals surface area contributed by atoms with Gasteiger partial charge >= 0.3 is 0 Å². The van der Waals surface area contributed by atoms with Gasteiger partial charge in [0.2, 0.25) is 5.13 Å². The van der Waals surface area contributed by atoms with Gasteiger partial charge in [0.05, 0.1) is 29.0 Å². The summed E-state index contributed by atoms with van der Waals surface area (Å²) in [5, 5.41) is 16.6. The lowest BCUT2D eigenvalue weighted by Crippen LogP contribution is -2.14. The largest absolute Gasteiger partial charge is 0.455 e. The van der Waals surface area contributed by atoms with Crippen LogP contribution in [0.2, 0.25) is 5.02 Å². The predicted octanol–water partition coefficient (Wildman–Crippen LogP) is 4.25. The van der Waals surface area contributed by atoms with Crippen molar-refractivity contribution in [2.45, 2.75) is 4.90 Å². The van der Waals surface area contributed by atoms with E-state index in [0.29, 0.717) is 16.7 Å². The van der Waals surface area contributed by atoms with Crippen molar-refractivity contribution < 1.29 is 17.5 Å². The van der Waals surface area contributed by atoms with E-state index in [1.54, 1.807) is 18.2 Å². The van der Waals surface area contributed by atoms with Crippen LogP contribution in [0.1, 0.15) is 5.56 Å². The molecular formula is C19H10ClFN6O3S2. The van der Waals surface area contributed by atoms with Gasteiger partial charge < -0.3 is 4.74 Å². The number of ether oxygens (including phenoxy) is 1. The monoisotopic (exact) mass is 488 g/mol. The number of nitrogens with zero attached hydrogens (tertiary/aromatic N) is 5. The Morgan fingerprint density at radius 3 is 2.69 bits per heavy atom. The number of anilines is 1. The van der Waals surface area contributed by atoms with Crippen LogP contribution < -0.4 is 9.46 Å². The highest BCUT2D eigenvalue weighted by Crippen LogP contribution is 2.38. The minimum absolute atomic E-state index is 0.0234. The Hall–Kier alpha value is -3.66. The smallest absolute Gasteiger partial charge is 0.266 e. The molecule has 0 bridgehead atoms. The SMILES string of the molecule is N#Cc1ccc(-c2ccnnc2)c(Oc2cc(F)c(S(=O)(=O)Nc3ncns3)cc2Cl)c1. The van der Waals surface area contributed by atoms with Crippen LogP contribution in [-0.2, 0) is 10.0 Å². The quantitative estimate of drug-likeness (QED) is 0.426. The topological polar surface area (TPSA) is 131 Å². The van der Waals surface area contributed by atoms with Crippen molar-refractivity contribution in [1.82, 2.24) is 19.6 Å². The zero-order valence-corrected chi connectivity index (χ0v) is 18.1. The molecule has 0 spiro atoms. The van der Waals surface area contributed by atoms with Gasteiger partial charge in [0.15, 0.2) is 0 Å². The van der Waals surface area contributed by atoms with Crippen molar-refractivity contribution >= 4 is 38.3 Å². The minimum Gasteiger partial charge on any atom is -0.455 e. The van der Waals surface area contributed by atoms with Crippen LogP contribution in [0, 0.1) is 17.1 Å². The maximum atomic E-state index is 14.8. The van der Waals surface area contributed by atoms with Gasteiger partial charge in [-0.1, -0.05) is 11.6 Å². The summed E-state index contributed by atoms with van der Waals surface area (Å²) in [7, 11) is -4.30. The van der Waals surface area contributed by atoms with Crippen LogP contribution in [0.25, 0.3) is 11.1 Å². The fourth-order valence-corrected chi connectivity index (χ4v) is 4.68. The molecule has 2 heterocycles. The van der Waals surface area contributed by atoms with Gasteiger partial charge in [-0.25, -0.2) is 17.8 Å². The van der Waals surface area contributed by atoms with E-state index in [1.807, 2.05) is 6.07 Å². The number of nitriles is 1. The second-order valence-corrected chi connectivity index (χ2v) is 8.96. The van der Waals surface area contributed by atoms with Crippen LogP contribution in [-0.4, -0.2) is 28.0 Å². The van der Waals surface area contributed by atoms with Crippen molar-refractivity contribution in [3.8, 4) is 28.7 Å². The summed E-state index contributed by atoms with van der Waals surface area (Å²) in [6.45, 7) is 0. The molecule has 1 N–H and O–H groups in total. The summed E-state index contributed by atoms with van der Waals surface area (Å²) in [6.07, 6.45) is 4.13. The van der Waals surface area contributed by atoms with Gasteiger partial charge in [0, 0.05) is 28.7 Å². The maximum absolute atomic E-state index is 14.8. The standard InChI is InChI=1S/C19H10ClFN6O3S2/c20-14-6-18(32(28,29)27-19-23-10-26-31-19)15(21)7-17(14)30-16-5-11(8-22)1-2-13(16)12-3-4-24-25-9-12/h1-7,9-10H,(H,23,26,27). The third kappa shape index (κ3) is 4.50. The molecule has 160 valence electrons. The van der Waals surface area contributed by atoms with Gasteiger partial charge in [0.1, 0.15) is 28.5 Å². The Morgan fingerprint density at radius 2 is 2.00 bits per heavy atom. The highest BCUT2D eigenvalue weighted by atomic mass is 35.5. The predicted molar refractivity (Wildman–Crippen MR) is 114 cm³/mol. The third-order valence-electron chi connectivity index (χ3n) is 4.08. The molecule has 0 aliphatic carbocycles. The summed E-state index contributed by atoms with van der Waals surface area (Å²) >= 11 is 7.01. The molecule has 0 amide bonds. The molecule has 0 aliphatic heterocycles. The Labute approximate surface area is 190 Å². The minimum atomic E-state index is -4.30. The molecule has 2 aromatic heterocycles. The van der Waals surface area contributed by atoms with E-state index < -0.39 is 20.7 Å². The number of halogens is 2. The van der Waals surface area contributed by atoms with E-state index in [0.717, 1.165) is 30.0 Å². The molecule has 0 aliphatic rings. The van der Waals surface area contributed by atoms with E-state index in [1.165, 1.54) is 18.5 Å². The number of nitrogens with one attached hydrogen (secondary N) is 1. The number of hydrogen-bond acceptors (Lipinski definition) is 9. The number of rotatable bonds is 6. The number of hydrogen-bond donors (Lipinski definition) is 1. The zero-order valence-electron chi connectivity index (χ0n) is 15.7. The summed E-state index contributed by atoms with van der Waals surface area (Å²) in [5.41, 5.74) is 1.48. The first-order chi connectivity index (χ1) is 15.4. The Bertz CT molecular complexity index is 1430. The third-order valence-corrected chi connectivity index (χ3v) is 6.44. The summed E-state index contributed by atoms with van der Waals surface area (Å²) in [4.78, 5) is 3.02. The van der Waals surface area contributed by atoms with E-state index in [4.69, 9.17) is 16.3 Å². The van der Waals surface area contributed by atoms with Crippen molar-refractivity contribution in [3.63, 3.8) is 0 Å². The van der Waals surface area contributed by atoms with Gasteiger partial charge in [-0.15, -0.1) is 0 Å². The highest BCUT2D eigenvalue weighted by molar-refractivity contribution is 7.93. The van der Waals surface area contributed by atoms with Crippen LogP contribution in [0.3, 0.4) is 0 Å². The summed E-state index contributed by atoms with van der Waals surface area (Å²) in [6, 6.07) is 10.1. The second kappa shape index (κ2) is 8.83. The first-order valence-corrected chi connectivity index (χ1v) is 11.3. The van der Waals surface area contributed by atoms with Crippen molar-refractivity contribution in [1.29, 1.82) is 5.26 Å². The van der Waals surface area contributed by atoms with Gasteiger partial charge in [-0.3, -0.25) is 4.72 Å². The molecule has 0 atom stereocenters. The molecule has 4 aromatic rings. The number of benzene rings is 2. The van der Waals surface area contributed by atoms with E-state index >= 15 is 0 Å². The lowest BCUT2D eigenvalue weighted by molar-refractivity contribution is 0.475. The average molecular weight is 489 g/mol. The Balaban J connectivity index is 1.72. The molecule has 0 fully saturated rings. The lowest BCUT2D eigenvalue weighted by atomic mass is 10.0. The second-order valence-electron chi connectivity index (χ2n) is 6.12. The average Bonchev–Trinajstić information content (AvgIpc) is 3.28. The molecule has 4 rings (SSSR count). The Kier molecular flexibility index (Phi) is 5.95. The zero-order chi connectivity index (χ0) is 22.7. The molecular weight excluding hydrogens is 479 g/mol. The van der Waals surface area contributed by atoms with E-state index in [2.05, 4.69) is 24.3 Å². The summed E-state index contributed by atoms with van der Waals surface area (Å²) in [5.74, 6) is -1.04. The molecule has 0 unspecified atom stereocenters. The van der Waals surface area contributed by atoms with Crippen molar-refractivity contribution in [3.05, 3.63) is 71.5 Å². The van der Waals surface area contributed by atoms with Crippen LogP contribution >= 0.6 is 23.1 Å². The van der Waals surface area contributed by atoms with Gasteiger partial charge in [-0.2, -0.15) is 19.8 Å². The first-order valence-electron chi connectivity index (χ1n) is 8.65. The summed E-state index contributed by atoms with van der Waals surface area (Å²) < 4.78 is 51.4.